The van der Waals surface area contributed by atoms with Crippen LogP contribution in [0.1, 0.15) is 157 Å². The maximum atomic E-state index is 14.6. The number of hydrogen-bond acceptors (Lipinski definition) is 15. The second-order valence-electron chi connectivity index (χ2n) is 28.3. The fourth-order valence-corrected chi connectivity index (χ4v) is 16.5. The summed E-state index contributed by atoms with van der Waals surface area (Å²) in [6.07, 6.45) is 13.0. The number of carbonyl (C=O) groups excluding carboxylic acids is 10. The van der Waals surface area contributed by atoms with Crippen LogP contribution in [0.25, 0.3) is 10.9 Å². The van der Waals surface area contributed by atoms with Crippen molar-refractivity contribution >= 4 is 81.7 Å². The molecule has 520 valence electrons. The number of H-pyrrole nitrogens is 2. The molecule has 4 aliphatic carbocycles. The molecular formula is C67H104N14O12S. The molecule has 94 heavy (non-hydrogen) atoms. The van der Waals surface area contributed by atoms with E-state index in [0.29, 0.717) is 35.8 Å². The lowest BCUT2D eigenvalue weighted by molar-refractivity contribution is -0.201. The fraction of sp³-hybridized carbons (Fsp3) is 0.687. The van der Waals surface area contributed by atoms with Gasteiger partial charge in [-0.25, -0.2) is 10.8 Å². The molecule has 4 fully saturated rings. The van der Waals surface area contributed by atoms with Crippen LogP contribution in [0.3, 0.4) is 0 Å². The van der Waals surface area contributed by atoms with Crippen molar-refractivity contribution in [2.75, 3.05) is 18.6 Å². The lowest BCUT2D eigenvalue weighted by Crippen LogP contribution is -2.61. The molecule has 17 N–H and O–H groups in total. The number of thioether (sulfide) groups is 1. The number of hydrogen-bond donors (Lipinski definition) is 14. The maximum Gasteiger partial charge on any atom is 0.245 e. The molecular weight excluding hydrogens is 1220 g/mol. The van der Waals surface area contributed by atoms with Crippen LogP contribution in [0.15, 0.2) is 43.0 Å². The first-order valence-corrected chi connectivity index (χ1v) is 35.0. The second-order valence-corrected chi connectivity index (χ2v) is 29.3. The molecule has 4 saturated carbocycles. The first-order chi connectivity index (χ1) is 44.5. The van der Waals surface area contributed by atoms with E-state index in [2.05, 4.69) is 72.9 Å². The van der Waals surface area contributed by atoms with Gasteiger partial charge in [-0.05, 0) is 153 Å². The van der Waals surface area contributed by atoms with Crippen molar-refractivity contribution in [3.05, 3.63) is 54.2 Å². The van der Waals surface area contributed by atoms with Crippen LogP contribution in [0.2, 0.25) is 0 Å². The molecule has 0 saturated heterocycles. The Morgan fingerprint density at radius 1 is 0.734 bits per heavy atom. The zero-order chi connectivity index (χ0) is 68.9. The number of aliphatic hydroxyl groups is 2. The van der Waals surface area contributed by atoms with Gasteiger partial charge in [0.1, 0.15) is 42.3 Å². The smallest absolute Gasteiger partial charge is 0.245 e. The predicted octanol–water partition coefficient (Wildman–Crippen LogP) is 2.40. The Kier molecular flexibility index (Phi) is 26.1. The summed E-state index contributed by atoms with van der Waals surface area (Å²) in [6, 6.07) is -1.55. The van der Waals surface area contributed by atoms with E-state index in [1.54, 1.807) is 20.0 Å². The summed E-state index contributed by atoms with van der Waals surface area (Å²) < 4.78 is 0. The lowest BCUT2D eigenvalue weighted by Gasteiger charge is -2.63. The molecule has 27 heteroatoms. The van der Waals surface area contributed by atoms with Gasteiger partial charge in [0, 0.05) is 54.7 Å². The van der Waals surface area contributed by atoms with Gasteiger partial charge >= 0.3 is 0 Å². The number of hydrazine groups is 1. The minimum atomic E-state index is -1.47. The van der Waals surface area contributed by atoms with Gasteiger partial charge in [0.05, 0.1) is 25.1 Å². The normalized spacial score (nSPS) is 25.7. The summed E-state index contributed by atoms with van der Waals surface area (Å²) in [6.45, 7) is 14.4. The van der Waals surface area contributed by atoms with E-state index < -0.39 is 131 Å². The minimum absolute atomic E-state index is 0.0477. The number of benzene rings is 1. The summed E-state index contributed by atoms with van der Waals surface area (Å²) in [5.41, 5.74) is 12.6. The number of nitrogens with two attached hydrogens (primary N) is 3. The van der Waals surface area contributed by atoms with Crippen molar-refractivity contribution in [2.24, 2.45) is 75.5 Å². The standard InChI is InChI=1S/C67H104N14O12S/c1-35(2)26-48(62(90)77-47(59(69)87)23-25-94-9)78-63(91)50(29-41-32-71-34-74-41)76-55(85)33-73-65(93)58(36(3)4)80-60(88)38(6)75-61(89)49(27-39-31-72-46-16-11-10-15-42(39)46)79-64(92)51(20-21-54(68)84)81(70)56(86)22-17-37(5)43-18-19-44-57-45(30-53(83)67(43,44)8)66(7)24-13-12-14-40(66)28-52(57)82/h10-11,15-16,31-32,34-38,40,43-45,47-53,57-58,72,82-83H,12-14,17-30,33,70H2,1-9H3,(H2,68,84)(H2,69,87)(H,71,74)(H,73,93)(H,75,89)(H,76,85)(H,77,90)(H,78,91)(H,79,92)(H,80,88)/t37-,38+,40?,43-,44+,45+,47+,48+,49+,50+,51+,52?,53?,57+,58+,66+,67-/m1/s1. The van der Waals surface area contributed by atoms with Gasteiger partial charge < -0.3 is 68.9 Å². The van der Waals surface area contributed by atoms with Crippen LogP contribution in [-0.2, 0) is 60.8 Å². The Labute approximate surface area is 555 Å². The van der Waals surface area contributed by atoms with Gasteiger partial charge in [-0.2, -0.15) is 11.8 Å². The Morgan fingerprint density at radius 3 is 2.09 bits per heavy atom. The van der Waals surface area contributed by atoms with Gasteiger partial charge in [-0.15, -0.1) is 0 Å². The van der Waals surface area contributed by atoms with E-state index in [1.807, 2.05) is 44.4 Å². The lowest BCUT2D eigenvalue weighted by atomic mass is 9.43. The molecule has 3 aromatic rings. The third-order valence-corrected chi connectivity index (χ3v) is 21.9. The van der Waals surface area contributed by atoms with Crippen molar-refractivity contribution in [2.45, 2.75) is 213 Å². The largest absolute Gasteiger partial charge is 0.393 e. The van der Waals surface area contributed by atoms with Gasteiger partial charge in [-0.3, -0.25) is 53.0 Å². The van der Waals surface area contributed by atoms with Gasteiger partial charge in [-0.1, -0.05) is 79.5 Å². The van der Waals surface area contributed by atoms with E-state index in [4.69, 9.17) is 17.3 Å². The van der Waals surface area contributed by atoms with Crippen molar-refractivity contribution in [3.8, 4) is 0 Å². The van der Waals surface area contributed by atoms with Crippen LogP contribution in [-0.4, -0.2) is 162 Å². The topological polar surface area (TPSA) is 421 Å². The van der Waals surface area contributed by atoms with Gasteiger partial charge in [0.2, 0.25) is 59.1 Å². The molecule has 0 spiro atoms. The van der Waals surface area contributed by atoms with Gasteiger partial charge in [0.25, 0.3) is 0 Å². The number of fused-ring (bicyclic) bond motifs is 6. The van der Waals surface area contributed by atoms with E-state index in [-0.39, 0.29) is 85.9 Å². The minimum Gasteiger partial charge on any atom is -0.393 e. The second kappa shape index (κ2) is 33.0. The highest BCUT2D eigenvalue weighted by atomic mass is 32.2. The van der Waals surface area contributed by atoms with Crippen LogP contribution in [0.5, 0.6) is 0 Å². The highest BCUT2D eigenvalue weighted by Crippen LogP contribution is 2.68. The molecule has 26 nitrogen and oxygen atoms in total. The molecule has 10 amide bonds. The van der Waals surface area contributed by atoms with Gasteiger partial charge in [0.15, 0.2) is 0 Å². The summed E-state index contributed by atoms with van der Waals surface area (Å²) in [7, 11) is 0. The first-order valence-electron chi connectivity index (χ1n) is 33.6. The molecule has 7 rings (SSSR count). The van der Waals surface area contributed by atoms with Crippen LogP contribution >= 0.6 is 11.8 Å². The van der Waals surface area contributed by atoms with Crippen LogP contribution in [0, 0.1) is 58.2 Å². The Morgan fingerprint density at radius 2 is 1.41 bits per heavy atom. The van der Waals surface area contributed by atoms with Crippen molar-refractivity contribution in [1.82, 2.24) is 57.2 Å². The summed E-state index contributed by atoms with van der Waals surface area (Å²) in [4.78, 5) is 147. The Balaban J connectivity index is 0.987. The first kappa shape index (κ1) is 74.3. The number of nitrogens with one attached hydrogen (secondary N) is 9. The van der Waals surface area contributed by atoms with Crippen LogP contribution in [0.4, 0.5) is 0 Å². The van der Waals surface area contributed by atoms with E-state index in [0.717, 1.165) is 48.0 Å². The number of aromatic amines is 2. The number of aromatic nitrogens is 3. The molecule has 2 heterocycles. The van der Waals surface area contributed by atoms with Crippen molar-refractivity contribution < 1.29 is 58.2 Å². The number of rotatable bonds is 33. The quantitative estimate of drug-likeness (QED) is 0.0237. The highest BCUT2D eigenvalue weighted by molar-refractivity contribution is 7.98. The van der Waals surface area contributed by atoms with Crippen molar-refractivity contribution in [3.63, 3.8) is 0 Å². The molecule has 17 atom stereocenters. The zero-order valence-corrected chi connectivity index (χ0v) is 56.9. The maximum absolute atomic E-state index is 14.6. The van der Waals surface area contributed by atoms with E-state index >= 15 is 0 Å². The highest BCUT2D eigenvalue weighted by Gasteiger charge is 2.65. The molecule has 3 unspecified atom stereocenters. The molecule has 0 bridgehead atoms. The predicted molar refractivity (Wildman–Crippen MR) is 355 cm³/mol. The molecule has 4 aliphatic rings. The Hall–Kier alpha value is -7.10. The number of nitrogens with zero attached hydrogens (tertiary/aromatic N) is 2. The summed E-state index contributed by atoms with van der Waals surface area (Å²) in [5.74, 6) is -0.127. The third kappa shape index (κ3) is 18.1. The average molecular weight is 1330 g/mol. The van der Waals surface area contributed by atoms with Crippen LogP contribution < -0.4 is 54.5 Å². The summed E-state index contributed by atoms with van der Waals surface area (Å²) >= 11 is 1.47. The fourth-order valence-electron chi connectivity index (χ4n) is 16.0. The zero-order valence-electron chi connectivity index (χ0n) is 56.1. The number of carbonyl (C=O) groups is 10. The van der Waals surface area contributed by atoms with Crippen molar-refractivity contribution in [1.29, 1.82) is 0 Å². The monoisotopic (exact) mass is 1330 g/mol. The van der Waals surface area contributed by atoms with E-state index in [1.165, 1.54) is 44.1 Å². The molecule has 2 aromatic heterocycles. The number of imidazole rings is 1. The summed E-state index contributed by atoms with van der Waals surface area (Å²) in [5, 5.41) is 44.1. The number of para-hydroxylation sites is 1. The third-order valence-electron chi connectivity index (χ3n) is 21.3. The molecule has 0 radical (unpaired) electrons. The number of amides is 10. The molecule has 1 aromatic carbocycles. The van der Waals surface area contributed by atoms with E-state index in [9.17, 15) is 58.2 Å². The molecule has 0 aliphatic heterocycles. The number of aliphatic hydroxyl groups excluding tert-OH is 2. The number of primary amides is 2. The SMILES string of the molecule is CSCC[C@H](NC(=O)[C@H](CC(C)C)NC(=O)[C@H](Cc1cnc[nH]1)NC(=O)CNC(=O)[C@@H](NC(=O)[C@H](C)NC(=O)[C@H](Cc1c[nH]c2ccccc12)NC(=O)[C@H](CCC(N)=O)N(N)C(=O)CC[C@@H](C)[C@H]1CC[C@H]2[C@@H]3C(O)CC4CCCC[C@]4(C)[C@H]3CC(O)[C@]12C)C(C)C)C(N)=O. The average Bonchev–Trinajstić information content (AvgIpc) is 1.34. The Bertz CT molecular complexity index is 3150.